The Morgan fingerprint density at radius 3 is 2.88 bits per heavy atom. The highest BCUT2D eigenvalue weighted by molar-refractivity contribution is 5.93. The molecule has 0 saturated heterocycles. The molecule has 84 valence electrons. The molecular formula is C10H10N2O4. The van der Waals surface area contributed by atoms with Gasteiger partial charge in [0.15, 0.2) is 11.4 Å². The van der Waals surface area contributed by atoms with Crippen molar-refractivity contribution in [2.24, 2.45) is 0 Å². The van der Waals surface area contributed by atoms with E-state index in [1.807, 2.05) is 0 Å². The zero-order chi connectivity index (χ0) is 11.7. The fourth-order valence-corrected chi connectivity index (χ4v) is 1.63. The number of rotatable bonds is 1. The molecule has 1 aliphatic rings. The lowest BCUT2D eigenvalue weighted by Crippen LogP contribution is -2.23. The van der Waals surface area contributed by atoms with E-state index in [4.69, 9.17) is 4.74 Å². The third-order valence-corrected chi connectivity index (χ3v) is 2.50. The van der Waals surface area contributed by atoms with E-state index in [1.54, 1.807) is 6.92 Å². The van der Waals surface area contributed by atoms with Crippen LogP contribution < -0.4 is 0 Å². The quantitative estimate of drug-likeness (QED) is 0.635. The SMILES string of the molecule is COC(=O)c1nnc2c(c1C)CCOC2=O. The van der Waals surface area contributed by atoms with E-state index < -0.39 is 11.9 Å². The Morgan fingerprint density at radius 1 is 1.44 bits per heavy atom. The number of fused-ring (bicyclic) bond motifs is 1. The van der Waals surface area contributed by atoms with Gasteiger partial charge in [-0.15, -0.1) is 10.2 Å². The first-order valence-electron chi connectivity index (χ1n) is 4.76. The number of carbonyl (C=O) groups is 2. The van der Waals surface area contributed by atoms with E-state index in [0.29, 0.717) is 24.2 Å². The summed E-state index contributed by atoms with van der Waals surface area (Å²) < 4.78 is 9.41. The molecule has 0 bridgehead atoms. The monoisotopic (exact) mass is 222 g/mol. The molecule has 0 N–H and O–H groups in total. The number of cyclic esters (lactones) is 1. The number of hydrogen-bond donors (Lipinski definition) is 0. The average Bonchev–Trinajstić information content (AvgIpc) is 2.30. The van der Waals surface area contributed by atoms with Gasteiger partial charge in [0.1, 0.15) is 0 Å². The summed E-state index contributed by atoms with van der Waals surface area (Å²) >= 11 is 0. The molecule has 1 aliphatic heterocycles. The van der Waals surface area contributed by atoms with Gasteiger partial charge in [-0.3, -0.25) is 0 Å². The second-order valence-corrected chi connectivity index (χ2v) is 3.38. The molecule has 0 amide bonds. The van der Waals surface area contributed by atoms with Crippen molar-refractivity contribution in [1.82, 2.24) is 10.2 Å². The number of esters is 2. The molecule has 0 saturated carbocycles. The van der Waals surface area contributed by atoms with Crippen molar-refractivity contribution in [2.45, 2.75) is 13.3 Å². The first-order valence-corrected chi connectivity index (χ1v) is 4.76. The minimum Gasteiger partial charge on any atom is -0.464 e. The predicted octanol–water partition coefficient (Wildman–Crippen LogP) is 0.285. The van der Waals surface area contributed by atoms with Crippen molar-refractivity contribution in [1.29, 1.82) is 0 Å². The summed E-state index contributed by atoms with van der Waals surface area (Å²) in [5.41, 5.74) is 1.69. The Labute approximate surface area is 91.6 Å². The molecule has 6 heteroatoms. The Bertz CT molecular complexity index is 470. The van der Waals surface area contributed by atoms with Gasteiger partial charge in [0, 0.05) is 6.42 Å². The molecule has 0 atom stereocenters. The van der Waals surface area contributed by atoms with Gasteiger partial charge in [0.2, 0.25) is 0 Å². The molecule has 0 aromatic carbocycles. The van der Waals surface area contributed by atoms with Gasteiger partial charge in [-0.2, -0.15) is 0 Å². The number of ether oxygens (including phenoxy) is 2. The van der Waals surface area contributed by atoms with Crippen LogP contribution in [0.25, 0.3) is 0 Å². The van der Waals surface area contributed by atoms with Crippen LogP contribution in [0, 0.1) is 6.92 Å². The predicted molar refractivity (Wildman–Crippen MR) is 52.1 cm³/mol. The molecule has 1 aromatic rings. The number of methoxy groups -OCH3 is 1. The second kappa shape index (κ2) is 3.88. The van der Waals surface area contributed by atoms with Gasteiger partial charge in [0.05, 0.1) is 13.7 Å². The Balaban J connectivity index is 2.55. The zero-order valence-corrected chi connectivity index (χ0v) is 8.94. The third-order valence-electron chi connectivity index (χ3n) is 2.50. The summed E-state index contributed by atoms with van der Waals surface area (Å²) in [6.45, 7) is 2.03. The van der Waals surface area contributed by atoms with Crippen molar-refractivity contribution in [3.8, 4) is 0 Å². The van der Waals surface area contributed by atoms with Gasteiger partial charge in [0.25, 0.3) is 0 Å². The van der Waals surface area contributed by atoms with Crippen LogP contribution in [-0.2, 0) is 15.9 Å². The lowest BCUT2D eigenvalue weighted by Gasteiger charge is -2.16. The first kappa shape index (κ1) is 10.5. The molecule has 0 unspecified atom stereocenters. The second-order valence-electron chi connectivity index (χ2n) is 3.38. The lowest BCUT2D eigenvalue weighted by atomic mass is 10.0. The molecule has 1 aromatic heterocycles. The number of carbonyl (C=O) groups excluding carboxylic acids is 2. The summed E-state index contributed by atoms with van der Waals surface area (Å²) in [6, 6.07) is 0. The van der Waals surface area contributed by atoms with Gasteiger partial charge in [-0.25, -0.2) is 9.59 Å². The molecule has 0 radical (unpaired) electrons. The number of aromatic nitrogens is 2. The van der Waals surface area contributed by atoms with E-state index >= 15 is 0 Å². The summed E-state index contributed by atoms with van der Waals surface area (Å²) in [5.74, 6) is -1.04. The van der Waals surface area contributed by atoms with Gasteiger partial charge in [-0.1, -0.05) is 0 Å². The zero-order valence-electron chi connectivity index (χ0n) is 8.94. The third kappa shape index (κ3) is 1.52. The highest BCUT2D eigenvalue weighted by Gasteiger charge is 2.26. The normalized spacial score (nSPS) is 14.0. The first-order chi connectivity index (χ1) is 7.65. The number of nitrogens with zero attached hydrogens (tertiary/aromatic N) is 2. The maximum atomic E-state index is 11.4. The summed E-state index contributed by atoms with van der Waals surface area (Å²) in [7, 11) is 1.27. The van der Waals surface area contributed by atoms with E-state index in [0.717, 1.165) is 0 Å². The highest BCUT2D eigenvalue weighted by atomic mass is 16.5. The van der Waals surface area contributed by atoms with Crippen LogP contribution in [0.3, 0.4) is 0 Å². The van der Waals surface area contributed by atoms with Crippen LogP contribution in [0.15, 0.2) is 0 Å². The molecule has 0 aliphatic carbocycles. The maximum absolute atomic E-state index is 11.4. The summed E-state index contributed by atoms with van der Waals surface area (Å²) in [6.07, 6.45) is 0.548. The minimum atomic E-state index is -0.549. The Kier molecular flexibility index (Phi) is 2.55. The van der Waals surface area contributed by atoms with Crippen molar-refractivity contribution in [3.63, 3.8) is 0 Å². The van der Waals surface area contributed by atoms with Crippen molar-refractivity contribution < 1.29 is 19.1 Å². The van der Waals surface area contributed by atoms with Crippen LogP contribution in [-0.4, -0.2) is 35.9 Å². The smallest absolute Gasteiger partial charge is 0.359 e. The van der Waals surface area contributed by atoms with E-state index in [2.05, 4.69) is 14.9 Å². The summed E-state index contributed by atoms with van der Waals surface area (Å²) in [4.78, 5) is 22.7. The molecule has 16 heavy (non-hydrogen) atoms. The van der Waals surface area contributed by atoms with Gasteiger partial charge < -0.3 is 9.47 Å². The van der Waals surface area contributed by atoms with Gasteiger partial charge in [-0.05, 0) is 18.1 Å². The van der Waals surface area contributed by atoms with Crippen LogP contribution in [0.4, 0.5) is 0 Å². The van der Waals surface area contributed by atoms with Crippen LogP contribution in [0.5, 0.6) is 0 Å². The number of hydrogen-bond acceptors (Lipinski definition) is 6. The maximum Gasteiger partial charge on any atom is 0.359 e. The molecule has 0 spiro atoms. The van der Waals surface area contributed by atoms with Crippen LogP contribution >= 0.6 is 0 Å². The Hall–Kier alpha value is -1.98. The van der Waals surface area contributed by atoms with Crippen molar-refractivity contribution in [2.75, 3.05) is 13.7 Å². The lowest BCUT2D eigenvalue weighted by molar-refractivity contribution is 0.0464. The Morgan fingerprint density at radius 2 is 2.19 bits per heavy atom. The topological polar surface area (TPSA) is 78.4 Å². The van der Waals surface area contributed by atoms with Crippen molar-refractivity contribution in [3.05, 3.63) is 22.5 Å². The van der Waals surface area contributed by atoms with E-state index in [-0.39, 0.29) is 11.4 Å². The van der Waals surface area contributed by atoms with Crippen molar-refractivity contribution >= 4 is 11.9 Å². The van der Waals surface area contributed by atoms with Gasteiger partial charge >= 0.3 is 11.9 Å². The minimum absolute atomic E-state index is 0.149. The molecular weight excluding hydrogens is 212 g/mol. The standard InChI is InChI=1S/C10H10N2O4/c1-5-6-3-4-16-10(14)8(6)12-11-7(5)9(13)15-2/h3-4H2,1-2H3. The summed E-state index contributed by atoms with van der Waals surface area (Å²) in [5, 5.41) is 7.39. The van der Waals surface area contributed by atoms with Crippen LogP contribution in [0.1, 0.15) is 32.1 Å². The molecule has 0 fully saturated rings. The molecule has 6 nitrogen and oxygen atoms in total. The van der Waals surface area contributed by atoms with E-state index in [1.165, 1.54) is 7.11 Å². The largest absolute Gasteiger partial charge is 0.464 e. The fraction of sp³-hybridized carbons (Fsp3) is 0.400. The van der Waals surface area contributed by atoms with Crippen LogP contribution in [0.2, 0.25) is 0 Å². The van der Waals surface area contributed by atoms with E-state index in [9.17, 15) is 9.59 Å². The fourth-order valence-electron chi connectivity index (χ4n) is 1.63. The highest BCUT2D eigenvalue weighted by Crippen LogP contribution is 2.20. The average molecular weight is 222 g/mol. The molecule has 2 heterocycles. The molecule has 2 rings (SSSR count).